The Morgan fingerprint density at radius 1 is 1.03 bits per heavy atom. The Balaban J connectivity index is 1.32. The lowest BCUT2D eigenvalue weighted by Gasteiger charge is -2.36. The first kappa shape index (κ1) is 23.1. The van der Waals surface area contributed by atoms with Crippen LogP contribution >= 0.6 is 23.5 Å². The van der Waals surface area contributed by atoms with Crippen molar-refractivity contribution in [3.8, 4) is 5.69 Å². The van der Waals surface area contributed by atoms with Gasteiger partial charge in [0.1, 0.15) is 0 Å². The monoisotopic (exact) mass is 492 g/mol. The number of aromatic nitrogens is 2. The summed E-state index contributed by atoms with van der Waals surface area (Å²) >= 11 is 2.96. The first-order valence-corrected chi connectivity index (χ1v) is 13.5. The van der Waals surface area contributed by atoms with Crippen molar-refractivity contribution in [3.63, 3.8) is 0 Å². The van der Waals surface area contributed by atoms with Gasteiger partial charge >= 0.3 is 0 Å². The Labute approximate surface area is 208 Å². The van der Waals surface area contributed by atoms with Crippen LogP contribution in [0.25, 0.3) is 5.69 Å². The van der Waals surface area contributed by atoms with E-state index in [0.29, 0.717) is 23.5 Å². The molecule has 1 amide bonds. The molecule has 6 nitrogen and oxygen atoms in total. The molecule has 34 heavy (non-hydrogen) atoms. The minimum atomic E-state index is -0.0328. The van der Waals surface area contributed by atoms with Crippen LogP contribution in [0.5, 0.6) is 0 Å². The molecule has 5 rings (SSSR count). The van der Waals surface area contributed by atoms with E-state index in [-0.39, 0.29) is 17.2 Å². The van der Waals surface area contributed by atoms with Gasteiger partial charge in [0.25, 0.3) is 5.56 Å². The largest absolute Gasteiger partial charge is 0.368 e. The number of nitrogens with zero attached hydrogens (tertiary/aromatic N) is 4. The molecule has 8 heteroatoms. The molecule has 0 radical (unpaired) electrons. The number of piperazine rings is 1. The number of fused-ring (bicyclic) bond motifs is 1. The average molecular weight is 493 g/mol. The van der Waals surface area contributed by atoms with Gasteiger partial charge in [-0.2, -0.15) is 0 Å². The molecule has 1 fully saturated rings. The lowest BCUT2D eigenvalue weighted by Crippen LogP contribution is -2.49. The van der Waals surface area contributed by atoms with Crippen molar-refractivity contribution in [3.05, 3.63) is 76.2 Å². The third kappa shape index (κ3) is 4.74. The van der Waals surface area contributed by atoms with Crippen LogP contribution in [0.3, 0.4) is 0 Å². The average Bonchev–Trinajstić information content (AvgIpc) is 3.24. The number of amides is 1. The van der Waals surface area contributed by atoms with Gasteiger partial charge in [-0.3, -0.25) is 14.2 Å². The number of benzene rings is 2. The zero-order chi connectivity index (χ0) is 23.7. The van der Waals surface area contributed by atoms with Crippen LogP contribution in [0.1, 0.15) is 18.2 Å². The fraction of sp³-hybridized carbons (Fsp3) is 0.346. The second kappa shape index (κ2) is 9.88. The number of carbonyl (C=O) groups is 1. The van der Waals surface area contributed by atoms with Crippen molar-refractivity contribution in [1.82, 2.24) is 14.5 Å². The predicted molar refractivity (Wildman–Crippen MR) is 140 cm³/mol. The van der Waals surface area contributed by atoms with Crippen LogP contribution in [-0.2, 0) is 11.2 Å². The van der Waals surface area contributed by atoms with E-state index in [4.69, 9.17) is 4.98 Å². The number of hydrogen-bond donors (Lipinski definition) is 0. The molecule has 0 saturated carbocycles. The number of anilines is 1. The molecule has 0 spiro atoms. The van der Waals surface area contributed by atoms with E-state index in [1.165, 1.54) is 17.4 Å². The molecule has 1 unspecified atom stereocenters. The standard InChI is InChI=1S/C26H28N4O2S2/c1-18-8-10-21(11-9-18)30-25(32)24-22(16-19(2)34-24)27-26(30)33-17-23(31)29-14-12-28(13-15-29)20-6-4-3-5-7-20/h3-11,19H,12-17H2,1-2H3. The molecule has 0 N–H and O–H groups in total. The number of hydrogen-bond acceptors (Lipinski definition) is 6. The fourth-order valence-electron chi connectivity index (χ4n) is 4.39. The van der Waals surface area contributed by atoms with E-state index in [2.05, 4.69) is 24.0 Å². The summed E-state index contributed by atoms with van der Waals surface area (Å²) in [5, 5.41) is 0.933. The van der Waals surface area contributed by atoms with Crippen molar-refractivity contribution in [1.29, 1.82) is 0 Å². The van der Waals surface area contributed by atoms with Crippen LogP contribution in [0.4, 0.5) is 5.69 Å². The Morgan fingerprint density at radius 3 is 2.44 bits per heavy atom. The highest BCUT2D eigenvalue weighted by Gasteiger charge is 2.28. The SMILES string of the molecule is Cc1ccc(-n2c(SCC(=O)N3CCN(c4ccccc4)CC3)nc3c(c2=O)SC(C)C3)cc1. The Morgan fingerprint density at radius 2 is 1.74 bits per heavy atom. The highest BCUT2D eigenvalue weighted by Crippen LogP contribution is 2.35. The molecular formula is C26H28N4O2S2. The lowest BCUT2D eigenvalue weighted by atomic mass is 10.2. The number of rotatable bonds is 5. The fourth-order valence-corrected chi connectivity index (χ4v) is 6.42. The molecule has 2 aliphatic rings. The number of para-hydroxylation sites is 1. The summed E-state index contributed by atoms with van der Waals surface area (Å²) in [5.41, 5.74) is 3.94. The van der Waals surface area contributed by atoms with E-state index >= 15 is 0 Å². The third-order valence-electron chi connectivity index (χ3n) is 6.25. The van der Waals surface area contributed by atoms with Crippen LogP contribution in [0.15, 0.2) is 69.4 Å². The quantitative estimate of drug-likeness (QED) is 0.396. The minimum Gasteiger partial charge on any atom is -0.368 e. The van der Waals surface area contributed by atoms with Crippen LogP contribution < -0.4 is 10.5 Å². The summed E-state index contributed by atoms with van der Waals surface area (Å²) in [7, 11) is 0. The maximum absolute atomic E-state index is 13.4. The number of thioether (sulfide) groups is 2. The molecule has 0 aliphatic carbocycles. The molecule has 2 aromatic carbocycles. The van der Waals surface area contributed by atoms with Crippen molar-refractivity contribution in [2.45, 2.75) is 35.6 Å². The van der Waals surface area contributed by atoms with Crippen molar-refractivity contribution in [2.24, 2.45) is 0 Å². The summed E-state index contributed by atoms with van der Waals surface area (Å²) < 4.78 is 1.68. The third-order valence-corrected chi connectivity index (χ3v) is 8.39. The van der Waals surface area contributed by atoms with Gasteiger partial charge in [-0.15, -0.1) is 11.8 Å². The second-order valence-electron chi connectivity index (χ2n) is 8.77. The zero-order valence-corrected chi connectivity index (χ0v) is 21.1. The van der Waals surface area contributed by atoms with E-state index < -0.39 is 0 Å². The molecule has 2 aliphatic heterocycles. The Kier molecular flexibility index (Phi) is 6.70. The topological polar surface area (TPSA) is 58.4 Å². The van der Waals surface area contributed by atoms with Crippen molar-refractivity contribution in [2.75, 3.05) is 36.8 Å². The molecule has 1 saturated heterocycles. The summed E-state index contributed by atoms with van der Waals surface area (Å²) in [6.07, 6.45) is 0.785. The van der Waals surface area contributed by atoms with Gasteiger partial charge in [0.2, 0.25) is 5.91 Å². The van der Waals surface area contributed by atoms with E-state index in [0.717, 1.165) is 41.4 Å². The summed E-state index contributed by atoms with van der Waals surface area (Å²) in [6, 6.07) is 18.2. The summed E-state index contributed by atoms with van der Waals surface area (Å²) in [5.74, 6) is 0.358. The van der Waals surface area contributed by atoms with Crippen LogP contribution in [0.2, 0.25) is 0 Å². The molecule has 1 aromatic heterocycles. The lowest BCUT2D eigenvalue weighted by molar-refractivity contribution is -0.128. The second-order valence-corrected chi connectivity index (χ2v) is 11.2. The van der Waals surface area contributed by atoms with Gasteiger partial charge in [-0.1, -0.05) is 54.6 Å². The highest BCUT2D eigenvalue weighted by atomic mass is 32.2. The van der Waals surface area contributed by atoms with Gasteiger partial charge in [0.05, 0.1) is 22.0 Å². The van der Waals surface area contributed by atoms with Crippen molar-refractivity contribution < 1.29 is 4.79 Å². The van der Waals surface area contributed by atoms with Gasteiger partial charge in [0, 0.05) is 43.5 Å². The molecule has 176 valence electrons. The minimum absolute atomic E-state index is 0.0328. The van der Waals surface area contributed by atoms with E-state index in [1.54, 1.807) is 16.3 Å². The van der Waals surface area contributed by atoms with Gasteiger partial charge < -0.3 is 9.80 Å². The first-order chi connectivity index (χ1) is 16.5. The molecule has 1 atom stereocenters. The smallest absolute Gasteiger partial charge is 0.272 e. The number of aryl methyl sites for hydroxylation is 1. The molecule has 3 heterocycles. The maximum atomic E-state index is 13.4. The Bertz CT molecular complexity index is 1240. The van der Waals surface area contributed by atoms with Gasteiger partial charge in [-0.25, -0.2) is 4.98 Å². The number of carbonyl (C=O) groups excluding carboxylic acids is 1. The van der Waals surface area contributed by atoms with Crippen LogP contribution in [-0.4, -0.2) is 57.5 Å². The van der Waals surface area contributed by atoms with Gasteiger partial charge in [0.15, 0.2) is 5.16 Å². The predicted octanol–water partition coefficient (Wildman–Crippen LogP) is 4.02. The van der Waals surface area contributed by atoms with E-state index in [1.807, 2.05) is 54.3 Å². The van der Waals surface area contributed by atoms with Crippen molar-refractivity contribution >= 4 is 35.1 Å². The van der Waals surface area contributed by atoms with Gasteiger partial charge in [-0.05, 0) is 31.2 Å². The highest BCUT2D eigenvalue weighted by molar-refractivity contribution is 8.00. The zero-order valence-electron chi connectivity index (χ0n) is 19.4. The summed E-state index contributed by atoms with van der Waals surface area (Å²) in [6.45, 7) is 7.18. The molecular weight excluding hydrogens is 464 g/mol. The Hall–Kier alpha value is -2.71. The molecule has 3 aromatic rings. The first-order valence-electron chi connectivity index (χ1n) is 11.6. The summed E-state index contributed by atoms with van der Waals surface area (Å²) in [4.78, 5) is 36.3. The normalized spacial score (nSPS) is 17.6. The van der Waals surface area contributed by atoms with Crippen LogP contribution in [0, 0.1) is 6.92 Å². The van der Waals surface area contributed by atoms with E-state index in [9.17, 15) is 9.59 Å². The molecule has 0 bridgehead atoms. The maximum Gasteiger partial charge on any atom is 0.272 e.